The van der Waals surface area contributed by atoms with E-state index in [0.29, 0.717) is 18.2 Å². The molecular weight excluding hydrogens is 272 g/mol. The van der Waals surface area contributed by atoms with Gasteiger partial charge in [0.15, 0.2) is 9.84 Å². The summed E-state index contributed by atoms with van der Waals surface area (Å²) < 4.78 is 24.9. The zero-order valence-electron chi connectivity index (χ0n) is 12.3. The van der Waals surface area contributed by atoms with Gasteiger partial charge in [0, 0.05) is 6.04 Å². The number of nitrogen functional groups attached to an aromatic ring is 1. The van der Waals surface area contributed by atoms with Crippen molar-refractivity contribution in [3.8, 4) is 0 Å². The third-order valence-electron chi connectivity index (χ3n) is 4.26. The van der Waals surface area contributed by atoms with Crippen molar-refractivity contribution in [2.24, 2.45) is 0 Å². The summed E-state index contributed by atoms with van der Waals surface area (Å²) in [6, 6.07) is 5.58. The van der Waals surface area contributed by atoms with Crippen LogP contribution in [0, 0.1) is 6.92 Å². The van der Waals surface area contributed by atoms with Gasteiger partial charge < -0.3 is 10.6 Å². The Bertz CT molecular complexity index is 569. The molecule has 0 spiro atoms. The fraction of sp³-hybridized carbons (Fsp3) is 0.600. The van der Waals surface area contributed by atoms with Crippen molar-refractivity contribution in [2.45, 2.75) is 43.5 Å². The number of nitrogens with zero attached hydrogens (tertiary/aromatic N) is 1. The van der Waals surface area contributed by atoms with Crippen LogP contribution in [-0.2, 0) is 9.84 Å². The molecule has 1 saturated heterocycles. The van der Waals surface area contributed by atoms with E-state index in [1.165, 1.54) is 12.8 Å². The molecule has 0 radical (unpaired) electrons. The van der Waals surface area contributed by atoms with E-state index in [1.54, 1.807) is 12.1 Å². The van der Waals surface area contributed by atoms with Crippen LogP contribution in [0.4, 0.5) is 5.69 Å². The summed E-state index contributed by atoms with van der Waals surface area (Å²) in [6.45, 7) is 2.90. The molecule has 0 aromatic heterocycles. The third kappa shape index (κ3) is 3.33. The first-order valence-corrected chi connectivity index (χ1v) is 8.85. The number of likely N-dealkylation sites (tertiary alicyclic amines) is 1. The highest BCUT2D eigenvalue weighted by Gasteiger charge is 2.24. The van der Waals surface area contributed by atoms with Gasteiger partial charge in [0.05, 0.1) is 16.3 Å². The molecule has 1 aromatic rings. The molecule has 0 amide bonds. The van der Waals surface area contributed by atoms with E-state index in [9.17, 15) is 8.42 Å². The number of aryl methyl sites for hydroxylation is 1. The predicted octanol–water partition coefficient (Wildman–Crippen LogP) is 2.23. The van der Waals surface area contributed by atoms with E-state index in [0.717, 1.165) is 18.5 Å². The van der Waals surface area contributed by atoms with Gasteiger partial charge in [0.25, 0.3) is 0 Å². The largest absolute Gasteiger partial charge is 0.397 e. The average Bonchev–Trinajstić information content (AvgIpc) is 2.41. The first-order chi connectivity index (χ1) is 9.42. The lowest BCUT2D eigenvalue weighted by Crippen LogP contribution is -2.37. The number of para-hydroxylation sites is 1. The quantitative estimate of drug-likeness (QED) is 0.865. The number of rotatable bonds is 4. The smallest absolute Gasteiger partial charge is 0.180 e. The first-order valence-electron chi connectivity index (χ1n) is 7.20. The van der Waals surface area contributed by atoms with Crippen molar-refractivity contribution in [2.75, 3.05) is 25.1 Å². The molecular formula is C15H24N2O2S. The zero-order chi connectivity index (χ0) is 14.8. The van der Waals surface area contributed by atoms with Gasteiger partial charge >= 0.3 is 0 Å². The summed E-state index contributed by atoms with van der Waals surface area (Å²) in [4.78, 5) is 2.56. The van der Waals surface area contributed by atoms with Crippen LogP contribution in [0.1, 0.15) is 31.2 Å². The van der Waals surface area contributed by atoms with Crippen LogP contribution < -0.4 is 5.73 Å². The summed E-state index contributed by atoms with van der Waals surface area (Å²) in [5, 5.41) is 0. The molecule has 112 valence electrons. The molecule has 2 N–H and O–H groups in total. The lowest BCUT2D eigenvalue weighted by molar-refractivity contribution is 0.181. The summed E-state index contributed by atoms with van der Waals surface area (Å²) in [6.07, 6.45) is 4.19. The molecule has 1 atom stereocenters. The maximum atomic E-state index is 12.5. The van der Waals surface area contributed by atoms with Crippen LogP contribution in [0.3, 0.4) is 0 Å². The minimum atomic E-state index is -3.29. The van der Waals surface area contributed by atoms with Crippen LogP contribution in [0.5, 0.6) is 0 Å². The van der Waals surface area contributed by atoms with Gasteiger partial charge in [0.2, 0.25) is 0 Å². The number of sulfone groups is 1. The topological polar surface area (TPSA) is 63.4 Å². The third-order valence-corrected chi connectivity index (χ3v) is 6.06. The molecule has 0 aliphatic carbocycles. The fourth-order valence-corrected chi connectivity index (χ4v) is 4.42. The number of hydrogen-bond donors (Lipinski definition) is 1. The van der Waals surface area contributed by atoms with Gasteiger partial charge in [0.1, 0.15) is 0 Å². The molecule has 1 unspecified atom stereocenters. The molecule has 1 aromatic carbocycles. The maximum Gasteiger partial charge on any atom is 0.180 e. The number of hydrogen-bond acceptors (Lipinski definition) is 4. The Morgan fingerprint density at radius 3 is 2.80 bits per heavy atom. The average molecular weight is 296 g/mol. The molecule has 1 fully saturated rings. The minimum absolute atomic E-state index is 0.176. The Labute approximate surface area is 121 Å². The molecule has 1 aliphatic heterocycles. The summed E-state index contributed by atoms with van der Waals surface area (Å²) >= 11 is 0. The van der Waals surface area contributed by atoms with E-state index in [4.69, 9.17) is 5.73 Å². The second-order valence-corrected chi connectivity index (χ2v) is 7.80. The normalized spacial score (nSPS) is 21.0. The Morgan fingerprint density at radius 2 is 2.10 bits per heavy atom. The number of anilines is 1. The number of nitrogens with two attached hydrogens (primary N) is 1. The van der Waals surface area contributed by atoms with Crippen LogP contribution in [0.15, 0.2) is 23.1 Å². The molecule has 5 heteroatoms. The number of benzene rings is 1. The lowest BCUT2D eigenvalue weighted by atomic mass is 10.0. The van der Waals surface area contributed by atoms with Gasteiger partial charge in [-0.1, -0.05) is 18.6 Å². The highest BCUT2D eigenvalue weighted by atomic mass is 32.2. The van der Waals surface area contributed by atoms with Gasteiger partial charge in [-0.3, -0.25) is 0 Å². The monoisotopic (exact) mass is 296 g/mol. The Hall–Kier alpha value is -1.07. The van der Waals surface area contributed by atoms with Crippen LogP contribution in [0.25, 0.3) is 0 Å². The second-order valence-electron chi connectivity index (χ2n) is 5.72. The highest BCUT2D eigenvalue weighted by Crippen LogP contribution is 2.25. The molecule has 2 rings (SSSR count). The fourth-order valence-electron chi connectivity index (χ4n) is 2.83. The van der Waals surface area contributed by atoms with Gasteiger partial charge in [-0.15, -0.1) is 0 Å². The standard InChI is InChI=1S/C15H24N2O2S/c1-12-6-5-8-14(15(12)16)20(18,19)11-9-13-7-3-4-10-17(13)2/h5-6,8,13H,3-4,7,9-11,16H2,1-2H3. The van der Waals surface area contributed by atoms with Crippen molar-refractivity contribution in [3.05, 3.63) is 23.8 Å². The van der Waals surface area contributed by atoms with Crippen LogP contribution in [0.2, 0.25) is 0 Å². The molecule has 0 saturated carbocycles. The lowest BCUT2D eigenvalue weighted by Gasteiger charge is -2.32. The molecule has 0 bridgehead atoms. The second kappa shape index (κ2) is 6.14. The van der Waals surface area contributed by atoms with E-state index in [2.05, 4.69) is 11.9 Å². The van der Waals surface area contributed by atoms with E-state index >= 15 is 0 Å². The van der Waals surface area contributed by atoms with Crippen molar-refractivity contribution < 1.29 is 8.42 Å². The summed E-state index contributed by atoms with van der Waals surface area (Å²) in [7, 11) is -1.21. The zero-order valence-corrected chi connectivity index (χ0v) is 13.1. The van der Waals surface area contributed by atoms with Gasteiger partial charge in [-0.25, -0.2) is 8.42 Å². The maximum absolute atomic E-state index is 12.5. The molecule has 1 aliphatic rings. The molecule has 4 nitrogen and oxygen atoms in total. The SMILES string of the molecule is Cc1cccc(S(=O)(=O)CCC2CCCCN2C)c1N. The number of piperidine rings is 1. The predicted molar refractivity (Wildman–Crippen MR) is 82.5 cm³/mol. The van der Waals surface area contributed by atoms with E-state index in [1.807, 2.05) is 13.0 Å². The molecule has 20 heavy (non-hydrogen) atoms. The van der Waals surface area contributed by atoms with Crippen molar-refractivity contribution >= 4 is 15.5 Å². The summed E-state index contributed by atoms with van der Waals surface area (Å²) in [5.41, 5.74) is 7.13. The van der Waals surface area contributed by atoms with E-state index in [-0.39, 0.29) is 10.6 Å². The van der Waals surface area contributed by atoms with E-state index < -0.39 is 9.84 Å². The van der Waals surface area contributed by atoms with Crippen LogP contribution in [-0.4, -0.2) is 38.7 Å². The Morgan fingerprint density at radius 1 is 1.35 bits per heavy atom. The Balaban J connectivity index is 2.09. The highest BCUT2D eigenvalue weighted by molar-refractivity contribution is 7.91. The Kier molecular flexibility index (Phi) is 4.70. The van der Waals surface area contributed by atoms with Crippen molar-refractivity contribution in [1.82, 2.24) is 4.90 Å². The van der Waals surface area contributed by atoms with Gasteiger partial charge in [-0.05, 0) is 51.4 Å². The van der Waals surface area contributed by atoms with Crippen LogP contribution >= 0.6 is 0 Å². The molecule has 1 heterocycles. The van der Waals surface area contributed by atoms with Gasteiger partial charge in [-0.2, -0.15) is 0 Å². The summed E-state index contributed by atoms with van der Waals surface area (Å²) in [5.74, 6) is 0.176. The van der Waals surface area contributed by atoms with Crippen molar-refractivity contribution in [3.63, 3.8) is 0 Å². The van der Waals surface area contributed by atoms with Crippen molar-refractivity contribution in [1.29, 1.82) is 0 Å². The minimum Gasteiger partial charge on any atom is -0.397 e. The first kappa shape index (κ1) is 15.3.